The van der Waals surface area contributed by atoms with Crippen LogP contribution in [0.15, 0.2) is 30.3 Å². The van der Waals surface area contributed by atoms with E-state index in [4.69, 9.17) is 18.6 Å². The second kappa shape index (κ2) is 12.6. The molecule has 0 aliphatic carbocycles. The Balaban J connectivity index is 0.00000172. The molecule has 2 rings (SSSR count). The molecule has 1 N–H and O–H groups in total. The van der Waals surface area contributed by atoms with Gasteiger partial charge in [-0.3, -0.25) is 0 Å². The van der Waals surface area contributed by atoms with Crippen molar-refractivity contribution in [2.24, 2.45) is 0 Å². The molecule has 0 saturated carbocycles. The first kappa shape index (κ1) is 30.8. The molecular weight excluding hydrogens is 504 g/mol. The summed E-state index contributed by atoms with van der Waals surface area (Å²) < 4.78 is 0. The predicted molar refractivity (Wildman–Crippen MR) is 149 cm³/mol. The van der Waals surface area contributed by atoms with E-state index in [0.29, 0.717) is 26.4 Å². The second-order valence-corrected chi connectivity index (χ2v) is 15.0. The summed E-state index contributed by atoms with van der Waals surface area (Å²) in [6, 6.07) is 11.8. The summed E-state index contributed by atoms with van der Waals surface area (Å²) in [6.45, 7) is 24.5. The molecule has 2 aromatic rings. The van der Waals surface area contributed by atoms with Crippen molar-refractivity contribution in [1.82, 2.24) is 0 Å². The molecule has 0 aliphatic heterocycles. The topological polar surface area (TPSA) is 23.5 Å². The van der Waals surface area contributed by atoms with Gasteiger partial charge in [0.15, 0.2) is 0 Å². The number of aromatic hydroxyl groups is 1. The number of nitrogens with zero attached hydrogens (tertiary/aromatic N) is 1. The Morgan fingerprint density at radius 2 is 1.42 bits per heavy atom. The Labute approximate surface area is 221 Å². The summed E-state index contributed by atoms with van der Waals surface area (Å²) >= 11 is -0.556. The number of aryl methyl sites for hydroxylation is 1. The van der Waals surface area contributed by atoms with Crippen LogP contribution in [0.3, 0.4) is 0 Å². The van der Waals surface area contributed by atoms with Crippen molar-refractivity contribution in [3.05, 3.63) is 47.0 Å². The maximum atomic E-state index is 11.3. The first-order chi connectivity index (χ1) is 15.1. The van der Waals surface area contributed by atoms with Crippen LogP contribution in [0.4, 0.5) is 5.69 Å². The van der Waals surface area contributed by atoms with Gasteiger partial charge in [-0.1, -0.05) is 68.3 Å². The molecule has 184 valence electrons. The van der Waals surface area contributed by atoms with Gasteiger partial charge in [-0.2, -0.15) is 0 Å². The zero-order valence-corrected chi connectivity index (χ0v) is 26.3. The summed E-state index contributed by atoms with van der Waals surface area (Å²) in [6.07, 6.45) is 0. The third-order valence-corrected chi connectivity index (χ3v) is 7.24. The molecule has 0 amide bonds. The summed E-state index contributed by atoms with van der Waals surface area (Å²) in [5.74, 6) is 0.462. The van der Waals surface area contributed by atoms with E-state index in [2.05, 4.69) is 111 Å². The van der Waals surface area contributed by atoms with Crippen LogP contribution < -0.4 is 15.5 Å². The molecule has 2 nitrogen and oxygen atoms in total. The zero-order valence-electron chi connectivity index (χ0n) is 22.2. The van der Waals surface area contributed by atoms with Crippen molar-refractivity contribution >= 4 is 43.5 Å². The van der Waals surface area contributed by atoms with Gasteiger partial charge in [0.25, 0.3) is 0 Å². The molecule has 0 spiro atoms. The van der Waals surface area contributed by atoms with Crippen LogP contribution in [0, 0.1) is 6.92 Å². The van der Waals surface area contributed by atoms with Gasteiger partial charge in [0.1, 0.15) is 5.75 Å². The van der Waals surface area contributed by atoms with Gasteiger partial charge in [-0.05, 0) is 68.7 Å². The standard InChI is InChI=1S/C27H42NOP.2ClH.Ti/c1-17(2)28(18(3)4)22-14-12-13-19(5)25(22)30-23-16-20(26(6,7)8)15-21(24(23)29)27(9,10)11;;;/h12-18,29-30H,1-11H3;2*1H;/q;;;+2/p-2. The van der Waals surface area contributed by atoms with E-state index < -0.39 is 17.0 Å². The van der Waals surface area contributed by atoms with Crippen LogP contribution in [0.1, 0.15) is 85.9 Å². The Kier molecular flexibility index (Phi) is 11.8. The number of phenolic OH excluding ortho intramolecular Hbond substituents is 1. The average Bonchev–Trinajstić information content (AvgIpc) is 2.64. The van der Waals surface area contributed by atoms with Gasteiger partial charge in [-0.25, -0.2) is 0 Å². The van der Waals surface area contributed by atoms with E-state index in [-0.39, 0.29) is 10.8 Å². The van der Waals surface area contributed by atoms with E-state index in [9.17, 15) is 5.11 Å². The summed E-state index contributed by atoms with van der Waals surface area (Å²) in [7, 11) is 10.2. The minimum atomic E-state index is -0.556. The molecule has 0 fully saturated rings. The molecule has 0 aliphatic rings. The van der Waals surface area contributed by atoms with E-state index in [1.807, 2.05) is 0 Å². The molecule has 6 heteroatoms. The fraction of sp³-hybridized carbons (Fsp3) is 0.556. The molecule has 0 bridgehead atoms. The Morgan fingerprint density at radius 3 is 1.85 bits per heavy atom. The normalized spacial score (nSPS) is 12.3. The molecule has 2 aromatic carbocycles. The summed E-state index contributed by atoms with van der Waals surface area (Å²) in [4.78, 5) is 2.49. The molecule has 0 radical (unpaired) electrons. The number of hydrogen-bond acceptors (Lipinski definition) is 2. The fourth-order valence-corrected chi connectivity index (χ4v) is 5.42. The van der Waals surface area contributed by atoms with Crippen molar-refractivity contribution in [1.29, 1.82) is 0 Å². The van der Waals surface area contributed by atoms with E-state index >= 15 is 0 Å². The summed E-state index contributed by atoms with van der Waals surface area (Å²) in [5.41, 5.74) is 4.82. The third-order valence-electron chi connectivity index (χ3n) is 5.69. The van der Waals surface area contributed by atoms with Crippen LogP contribution in [0.5, 0.6) is 5.75 Å². The van der Waals surface area contributed by atoms with Gasteiger partial charge in [-0.15, -0.1) is 0 Å². The molecule has 0 saturated heterocycles. The quantitative estimate of drug-likeness (QED) is 0.304. The van der Waals surface area contributed by atoms with Gasteiger partial charge >= 0.3 is 35.6 Å². The van der Waals surface area contributed by atoms with Crippen molar-refractivity contribution in [2.75, 3.05) is 4.90 Å². The first-order valence-electron chi connectivity index (χ1n) is 11.5. The maximum absolute atomic E-state index is 11.3. The second-order valence-electron chi connectivity index (χ2n) is 11.2. The minimum absolute atomic E-state index is 0.0311. The van der Waals surface area contributed by atoms with E-state index in [0.717, 1.165) is 10.9 Å². The monoisotopic (exact) mass is 545 g/mol. The molecule has 0 heterocycles. The van der Waals surface area contributed by atoms with Crippen LogP contribution in [0.25, 0.3) is 0 Å². The van der Waals surface area contributed by atoms with Gasteiger partial charge in [0.2, 0.25) is 0 Å². The van der Waals surface area contributed by atoms with Crippen LogP contribution in [-0.2, 0) is 27.9 Å². The van der Waals surface area contributed by atoms with Gasteiger partial charge < -0.3 is 10.0 Å². The molecular formula is C27H42Cl2NOPTi. The summed E-state index contributed by atoms with van der Waals surface area (Å²) in [5, 5.41) is 13.7. The van der Waals surface area contributed by atoms with Crippen LogP contribution in [-0.4, -0.2) is 17.2 Å². The Bertz CT molecular complexity index is 910. The van der Waals surface area contributed by atoms with Crippen LogP contribution in [0.2, 0.25) is 0 Å². The average molecular weight is 546 g/mol. The van der Waals surface area contributed by atoms with E-state index in [1.54, 1.807) is 0 Å². The van der Waals surface area contributed by atoms with E-state index in [1.165, 1.54) is 22.1 Å². The van der Waals surface area contributed by atoms with Crippen molar-refractivity contribution < 1.29 is 22.1 Å². The number of halogens is 2. The SMILES string of the molecule is Cc1cccc(N(C(C)C)C(C)C)c1Pc1cc(C(C)(C)C)cc(C(C)(C)C)c1O.[Cl][Ti][Cl]. The molecule has 33 heavy (non-hydrogen) atoms. The Morgan fingerprint density at radius 1 is 0.909 bits per heavy atom. The van der Waals surface area contributed by atoms with Gasteiger partial charge in [0.05, 0.1) is 0 Å². The molecule has 1 atom stereocenters. The Hall–Kier alpha value is -0.236. The number of benzene rings is 2. The van der Waals surface area contributed by atoms with Gasteiger partial charge in [0, 0.05) is 33.9 Å². The zero-order chi connectivity index (χ0) is 25.7. The predicted octanol–water partition coefficient (Wildman–Crippen LogP) is 7.92. The fourth-order valence-electron chi connectivity index (χ4n) is 4.05. The molecule has 0 aromatic heterocycles. The number of hydrogen-bond donors (Lipinski definition) is 1. The number of phenols is 1. The number of rotatable bonds is 5. The molecule has 1 unspecified atom stereocenters. The van der Waals surface area contributed by atoms with Crippen molar-refractivity contribution in [3.8, 4) is 5.75 Å². The van der Waals surface area contributed by atoms with Crippen molar-refractivity contribution in [3.63, 3.8) is 0 Å². The van der Waals surface area contributed by atoms with Crippen LogP contribution >= 0.6 is 27.2 Å². The third kappa shape index (κ3) is 8.43. The number of anilines is 1. The first-order valence-corrected chi connectivity index (χ1v) is 16.8. The van der Waals surface area contributed by atoms with Crippen molar-refractivity contribution in [2.45, 2.75) is 99.1 Å².